The van der Waals surface area contributed by atoms with Crippen LogP contribution < -0.4 is 10.7 Å². The van der Waals surface area contributed by atoms with Gasteiger partial charge in [-0.2, -0.15) is 5.10 Å². The van der Waals surface area contributed by atoms with Gasteiger partial charge in [-0.1, -0.05) is 23.7 Å². The number of halogens is 1. The van der Waals surface area contributed by atoms with E-state index in [-0.39, 0.29) is 5.92 Å². The van der Waals surface area contributed by atoms with Gasteiger partial charge in [0.15, 0.2) is 0 Å². The number of hydrazone groups is 1. The molecule has 0 aliphatic carbocycles. The molecule has 1 aromatic carbocycles. The molecule has 5 heteroatoms. The molecule has 0 amide bonds. The van der Waals surface area contributed by atoms with Crippen LogP contribution in [0.1, 0.15) is 29.9 Å². The number of hydrogen-bond acceptors (Lipinski definition) is 4. The fraction of sp³-hybridized carbons (Fsp3) is 0.368. The van der Waals surface area contributed by atoms with Gasteiger partial charge < -0.3 is 10.7 Å². The van der Waals surface area contributed by atoms with Gasteiger partial charge >= 0.3 is 0 Å². The van der Waals surface area contributed by atoms with Crippen LogP contribution in [0.4, 0.5) is 0 Å². The van der Waals surface area contributed by atoms with Crippen LogP contribution in [0.15, 0.2) is 53.9 Å². The molecule has 1 aromatic heterocycles. The Kier molecular flexibility index (Phi) is 4.50. The van der Waals surface area contributed by atoms with Crippen LogP contribution in [0, 0.1) is 5.92 Å². The number of benzene rings is 1. The van der Waals surface area contributed by atoms with Gasteiger partial charge in [0.05, 0.1) is 17.7 Å². The average Bonchev–Trinajstić information content (AvgIpc) is 3.08. The summed E-state index contributed by atoms with van der Waals surface area (Å²) in [5.74, 6) is 0.847. The Labute approximate surface area is 147 Å². The van der Waals surface area contributed by atoms with Crippen molar-refractivity contribution >= 4 is 17.3 Å². The van der Waals surface area contributed by atoms with E-state index in [0.717, 1.165) is 29.4 Å². The van der Waals surface area contributed by atoms with Gasteiger partial charge in [0, 0.05) is 17.4 Å². The highest BCUT2D eigenvalue weighted by atomic mass is 35.5. The summed E-state index contributed by atoms with van der Waals surface area (Å²) >= 11 is 6.21. The molecule has 2 unspecified atom stereocenters. The van der Waals surface area contributed by atoms with E-state index in [0.29, 0.717) is 12.0 Å². The third-order valence-electron chi connectivity index (χ3n) is 5.07. The van der Waals surface area contributed by atoms with Gasteiger partial charge in [-0.25, -0.2) is 0 Å². The summed E-state index contributed by atoms with van der Waals surface area (Å²) in [5, 5.41) is 8.92. The number of rotatable bonds is 3. The highest BCUT2D eigenvalue weighted by Gasteiger charge is 2.38. The van der Waals surface area contributed by atoms with Crippen molar-refractivity contribution in [1.82, 2.24) is 15.7 Å². The summed E-state index contributed by atoms with van der Waals surface area (Å²) in [5.41, 5.74) is 6.87. The first-order valence-electron chi connectivity index (χ1n) is 8.52. The van der Waals surface area contributed by atoms with E-state index >= 15 is 0 Å². The lowest BCUT2D eigenvalue weighted by Gasteiger charge is -2.32. The maximum atomic E-state index is 6.21. The van der Waals surface area contributed by atoms with Gasteiger partial charge in [-0.3, -0.25) is 4.98 Å². The topological polar surface area (TPSA) is 49.3 Å². The van der Waals surface area contributed by atoms with Crippen LogP contribution in [0.2, 0.25) is 5.02 Å². The van der Waals surface area contributed by atoms with E-state index in [4.69, 9.17) is 16.7 Å². The molecule has 4 rings (SSSR count). The first kappa shape index (κ1) is 15.6. The molecule has 124 valence electrons. The number of nitrogens with zero attached hydrogens (tertiary/aromatic N) is 2. The maximum Gasteiger partial charge on any atom is 0.0771 e. The quantitative estimate of drug-likeness (QED) is 0.902. The molecule has 24 heavy (non-hydrogen) atoms. The zero-order chi connectivity index (χ0) is 16.4. The zero-order valence-corrected chi connectivity index (χ0v) is 14.2. The Bertz CT molecular complexity index is 725. The van der Waals surface area contributed by atoms with E-state index in [1.165, 1.54) is 18.4 Å². The highest BCUT2D eigenvalue weighted by Crippen LogP contribution is 2.35. The fourth-order valence-electron chi connectivity index (χ4n) is 3.87. The third-order valence-corrected chi connectivity index (χ3v) is 5.30. The molecular formula is C19H21ClN4. The van der Waals surface area contributed by atoms with Gasteiger partial charge in [0.1, 0.15) is 0 Å². The summed E-state index contributed by atoms with van der Waals surface area (Å²) in [7, 11) is 0. The lowest BCUT2D eigenvalue weighted by molar-refractivity contribution is 0.284. The molecule has 2 aromatic rings. The van der Waals surface area contributed by atoms with Crippen molar-refractivity contribution in [3.05, 3.63) is 64.9 Å². The van der Waals surface area contributed by atoms with Gasteiger partial charge in [-0.05, 0) is 67.2 Å². The molecule has 0 bridgehead atoms. The van der Waals surface area contributed by atoms with Gasteiger partial charge in [0.25, 0.3) is 0 Å². The number of hydrogen-bond donors (Lipinski definition) is 2. The normalized spacial score (nSPS) is 24.5. The molecule has 0 radical (unpaired) electrons. The van der Waals surface area contributed by atoms with Crippen molar-refractivity contribution in [2.75, 3.05) is 13.1 Å². The lowest BCUT2D eigenvalue weighted by Crippen LogP contribution is -2.41. The van der Waals surface area contributed by atoms with Gasteiger partial charge in [0.2, 0.25) is 0 Å². The average molecular weight is 341 g/mol. The van der Waals surface area contributed by atoms with Crippen molar-refractivity contribution < 1.29 is 0 Å². The summed E-state index contributed by atoms with van der Waals surface area (Å²) in [6.45, 7) is 2.16. The molecule has 4 nitrogen and oxygen atoms in total. The molecular weight excluding hydrogens is 320 g/mol. The monoisotopic (exact) mass is 340 g/mol. The second-order valence-electron chi connectivity index (χ2n) is 6.51. The Morgan fingerprint density at radius 3 is 2.58 bits per heavy atom. The molecule has 1 saturated heterocycles. The standard InChI is InChI=1S/C19H21ClN4/c20-16-3-1-2-15(12-16)19-17(13-4-8-21-9-5-13)18(23-24-19)14-6-10-22-11-7-14/h1-5,8-9,12,14,17-18,22-23H,6-7,10-11H2. The number of piperidine rings is 1. The minimum Gasteiger partial charge on any atom is -0.317 e. The number of aromatic nitrogens is 1. The fourth-order valence-corrected chi connectivity index (χ4v) is 4.06. The van der Waals surface area contributed by atoms with Crippen molar-refractivity contribution in [3.63, 3.8) is 0 Å². The maximum absolute atomic E-state index is 6.21. The van der Waals surface area contributed by atoms with Crippen LogP contribution in [-0.4, -0.2) is 29.8 Å². The predicted octanol–water partition coefficient (Wildman–Crippen LogP) is 3.19. The van der Waals surface area contributed by atoms with Crippen LogP contribution in [0.3, 0.4) is 0 Å². The van der Waals surface area contributed by atoms with E-state index in [2.05, 4.69) is 33.9 Å². The van der Waals surface area contributed by atoms with Gasteiger partial charge in [-0.15, -0.1) is 0 Å². The minimum absolute atomic E-state index is 0.231. The Morgan fingerprint density at radius 2 is 1.83 bits per heavy atom. The first-order valence-corrected chi connectivity index (χ1v) is 8.90. The summed E-state index contributed by atoms with van der Waals surface area (Å²) in [6, 6.07) is 12.5. The Balaban J connectivity index is 1.70. The first-order chi connectivity index (χ1) is 11.8. The number of nitrogens with one attached hydrogen (secondary N) is 2. The zero-order valence-electron chi connectivity index (χ0n) is 13.5. The lowest BCUT2D eigenvalue weighted by atomic mass is 9.77. The third kappa shape index (κ3) is 3.04. The smallest absolute Gasteiger partial charge is 0.0771 e. The van der Waals surface area contributed by atoms with E-state index in [1.807, 2.05) is 30.6 Å². The molecule has 2 aliphatic heterocycles. The molecule has 2 N–H and O–H groups in total. The van der Waals surface area contributed by atoms with Crippen molar-refractivity contribution in [2.45, 2.75) is 24.8 Å². The second kappa shape index (κ2) is 6.91. The summed E-state index contributed by atoms with van der Waals surface area (Å²) in [6.07, 6.45) is 6.08. The van der Waals surface area contributed by atoms with E-state index in [1.54, 1.807) is 0 Å². The van der Waals surface area contributed by atoms with Crippen molar-refractivity contribution in [1.29, 1.82) is 0 Å². The molecule has 1 fully saturated rings. The second-order valence-corrected chi connectivity index (χ2v) is 6.94. The highest BCUT2D eigenvalue weighted by molar-refractivity contribution is 6.31. The molecule has 0 saturated carbocycles. The summed E-state index contributed by atoms with van der Waals surface area (Å²) < 4.78 is 0. The predicted molar refractivity (Wildman–Crippen MR) is 97.5 cm³/mol. The molecule has 2 atom stereocenters. The summed E-state index contributed by atoms with van der Waals surface area (Å²) in [4.78, 5) is 4.17. The van der Waals surface area contributed by atoms with Crippen LogP contribution in [-0.2, 0) is 0 Å². The molecule has 3 heterocycles. The largest absolute Gasteiger partial charge is 0.317 e. The van der Waals surface area contributed by atoms with E-state index in [9.17, 15) is 0 Å². The van der Waals surface area contributed by atoms with E-state index < -0.39 is 0 Å². The van der Waals surface area contributed by atoms with Crippen molar-refractivity contribution in [3.8, 4) is 0 Å². The van der Waals surface area contributed by atoms with Crippen LogP contribution in [0.25, 0.3) is 0 Å². The number of pyridine rings is 1. The van der Waals surface area contributed by atoms with Crippen LogP contribution >= 0.6 is 11.6 Å². The Morgan fingerprint density at radius 1 is 1.04 bits per heavy atom. The SMILES string of the molecule is Clc1cccc(C2=NNC(C3CCNCC3)C2c2ccncc2)c1. The molecule has 2 aliphatic rings. The Hall–Kier alpha value is -1.91. The molecule has 0 spiro atoms. The minimum atomic E-state index is 0.231. The van der Waals surface area contributed by atoms with Crippen molar-refractivity contribution in [2.24, 2.45) is 11.0 Å². The van der Waals surface area contributed by atoms with Crippen LogP contribution in [0.5, 0.6) is 0 Å².